The Labute approximate surface area is 137 Å². The third-order valence-electron chi connectivity index (χ3n) is 4.14. The van der Waals surface area contributed by atoms with Crippen LogP contribution in [0.25, 0.3) is 17.0 Å². The fourth-order valence-corrected chi connectivity index (χ4v) is 2.96. The topological polar surface area (TPSA) is 67.1 Å². The van der Waals surface area contributed by atoms with Gasteiger partial charge in [-0.3, -0.25) is 9.38 Å². The minimum absolute atomic E-state index is 0.0873. The molecule has 2 N–H and O–H groups in total. The molecule has 3 aromatic rings. The molecule has 1 fully saturated rings. The Kier molecular flexibility index (Phi) is 3.81. The van der Waals surface area contributed by atoms with E-state index < -0.39 is 12.5 Å². The van der Waals surface area contributed by atoms with Crippen LogP contribution < -0.4 is 10.6 Å². The van der Waals surface area contributed by atoms with Crippen LogP contribution in [-0.4, -0.2) is 44.4 Å². The molecule has 4 heterocycles. The maximum atomic E-state index is 12.7. The second kappa shape index (κ2) is 6.12. The number of pyridine rings is 1. The Bertz CT molecular complexity index is 849. The third-order valence-corrected chi connectivity index (χ3v) is 4.14. The molecule has 124 valence electrons. The van der Waals surface area contributed by atoms with Gasteiger partial charge in [-0.05, 0) is 18.6 Å². The van der Waals surface area contributed by atoms with Crippen molar-refractivity contribution < 1.29 is 8.78 Å². The minimum Gasteiger partial charge on any atom is -0.365 e. The standard InChI is InChI=1S/C16H16F2N6/c17-16(18)11-5-10(6-20-11)22-14-9-19-7-12(23-14)13-8-21-15-3-1-2-4-24(13)15/h1-4,7-11,16,20H,5-6H2,(H,22,23). The van der Waals surface area contributed by atoms with Gasteiger partial charge in [-0.15, -0.1) is 0 Å². The second-order valence-corrected chi connectivity index (χ2v) is 5.79. The summed E-state index contributed by atoms with van der Waals surface area (Å²) in [5.41, 5.74) is 2.33. The summed E-state index contributed by atoms with van der Waals surface area (Å²) in [5, 5.41) is 5.99. The lowest BCUT2D eigenvalue weighted by Crippen LogP contribution is -2.28. The minimum atomic E-state index is -2.35. The van der Waals surface area contributed by atoms with Gasteiger partial charge in [0, 0.05) is 18.8 Å². The molecule has 3 aromatic heterocycles. The molecule has 0 bridgehead atoms. The van der Waals surface area contributed by atoms with Gasteiger partial charge in [-0.25, -0.2) is 18.7 Å². The van der Waals surface area contributed by atoms with E-state index in [0.29, 0.717) is 24.5 Å². The summed E-state index contributed by atoms with van der Waals surface area (Å²) < 4.78 is 27.4. The lowest BCUT2D eigenvalue weighted by Gasteiger charge is -2.13. The zero-order valence-electron chi connectivity index (χ0n) is 12.7. The van der Waals surface area contributed by atoms with Gasteiger partial charge in [0.05, 0.1) is 30.3 Å². The van der Waals surface area contributed by atoms with Gasteiger partial charge in [-0.1, -0.05) is 6.07 Å². The van der Waals surface area contributed by atoms with Gasteiger partial charge in [0.1, 0.15) is 17.2 Å². The zero-order valence-corrected chi connectivity index (χ0v) is 12.7. The van der Waals surface area contributed by atoms with Crippen LogP contribution in [0.4, 0.5) is 14.6 Å². The van der Waals surface area contributed by atoms with Crippen molar-refractivity contribution in [2.45, 2.75) is 24.9 Å². The SMILES string of the molecule is FC(F)C1CC(Nc2cncc(-c3cnc4ccccn34)n2)CN1. The van der Waals surface area contributed by atoms with E-state index in [2.05, 4.69) is 25.6 Å². The molecule has 24 heavy (non-hydrogen) atoms. The first-order valence-electron chi connectivity index (χ1n) is 7.73. The Morgan fingerprint density at radius 3 is 3.00 bits per heavy atom. The number of aromatic nitrogens is 4. The first-order valence-corrected chi connectivity index (χ1v) is 7.73. The molecule has 1 aliphatic rings. The number of anilines is 1. The second-order valence-electron chi connectivity index (χ2n) is 5.79. The smallest absolute Gasteiger partial charge is 0.253 e. The maximum absolute atomic E-state index is 12.7. The normalized spacial score (nSPS) is 20.8. The summed E-state index contributed by atoms with van der Waals surface area (Å²) in [6.45, 7) is 0.483. The van der Waals surface area contributed by atoms with Crippen molar-refractivity contribution in [2.75, 3.05) is 11.9 Å². The average Bonchev–Trinajstić information content (AvgIpc) is 3.22. The van der Waals surface area contributed by atoms with Crippen LogP contribution >= 0.6 is 0 Å². The Morgan fingerprint density at radius 2 is 2.17 bits per heavy atom. The van der Waals surface area contributed by atoms with Crippen LogP contribution in [-0.2, 0) is 0 Å². The molecule has 6 nitrogen and oxygen atoms in total. The number of halogens is 2. The summed E-state index contributed by atoms with van der Waals surface area (Å²) in [6, 6.07) is 4.89. The fourth-order valence-electron chi connectivity index (χ4n) is 2.96. The molecule has 0 amide bonds. The third kappa shape index (κ3) is 2.80. The lowest BCUT2D eigenvalue weighted by molar-refractivity contribution is 0.107. The van der Waals surface area contributed by atoms with E-state index in [-0.39, 0.29) is 6.04 Å². The quantitative estimate of drug-likeness (QED) is 0.768. The summed E-state index contributed by atoms with van der Waals surface area (Å²) in [7, 11) is 0. The molecule has 0 aliphatic carbocycles. The summed E-state index contributed by atoms with van der Waals surface area (Å²) in [4.78, 5) is 13.1. The summed E-state index contributed by atoms with van der Waals surface area (Å²) in [5.74, 6) is 0.570. The van der Waals surface area contributed by atoms with Crippen LogP contribution in [0.15, 0.2) is 43.0 Å². The van der Waals surface area contributed by atoms with Gasteiger partial charge in [0.15, 0.2) is 0 Å². The molecule has 8 heteroatoms. The molecule has 1 saturated heterocycles. The highest BCUT2D eigenvalue weighted by Gasteiger charge is 2.30. The van der Waals surface area contributed by atoms with Crippen LogP contribution in [0.1, 0.15) is 6.42 Å². The molecule has 4 rings (SSSR count). The van der Waals surface area contributed by atoms with Crippen LogP contribution in [0.2, 0.25) is 0 Å². The van der Waals surface area contributed by atoms with E-state index >= 15 is 0 Å². The summed E-state index contributed by atoms with van der Waals surface area (Å²) >= 11 is 0. The Hall–Kier alpha value is -2.61. The molecular weight excluding hydrogens is 314 g/mol. The predicted molar refractivity (Wildman–Crippen MR) is 86.0 cm³/mol. The number of nitrogens with one attached hydrogen (secondary N) is 2. The van der Waals surface area contributed by atoms with Crippen LogP contribution in [0.5, 0.6) is 0 Å². The van der Waals surface area contributed by atoms with Gasteiger partial charge in [0.2, 0.25) is 0 Å². The van der Waals surface area contributed by atoms with E-state index in [4.69, 9.17) is 0 Å². The molecule has 1 aliphatic heterocycles. The molecule has 0 radical (unpaired) electrons. The largest absolute Gasteiger partial charge is 0.365 e. The van der Waals surface area contributed by atoms with Crippen molar-refractivity contribution in [3.8, 4) is 11.4 Å². The molecular formula is C16H16F2N6. The van der Waals surface area contributed by atoms with Crippen molar-refractivity contribution in [3.05, 3.63) is 43.0 Å². The van der Waals surface area contributed by atoms with Crippen LogP contribution in [0, 0.1) is 0 Å². The van der Waals surface area contributed by atoms with Crippen LogP contribution in [0.3, 0.4) is 0 Å². The maximum Gasteiger partial charge on any atom is 0.253 e. The lowest BCUT2D eigenvalue weighted by atomic mass is 10.2. The molecule has 2 atom stereocenters. The number of alkyl halides is 2. The zero-order chi connectivity index (χ0) is 16.5. The van der Waals surface area contributed by atoms with Crippen molar-refractivity contribution in [1.82, 2.24) is 24.7 Å². The Balaban J connectivity index is 1.56. The molecule has 0 spiro atoms. The van der Waals surface area contributed by atoms with E-state index in [1.807, 2.05) is 28.8 Å². The van der Waals surface area contributed by atoms with Gasteiger partial charge < -0.3 is 10.6 Å². The predicted octanol–water partition coefficient (Wildman–Crippen LogP) is 2.20. The molecule has 0 saturated carbocycles. The average molecular weight is 330 g/mol. The highest BCUT2D eigenvalue weighted by Crippen LogP contribution is 2.21. The van der Waals surface area contributed by atoms with Crippen molar-refractivity contribution >= 4 is 11.5 Å². The fraction of sp³-hybridized carbons (Fsp3) is 0.312. The van der Waals surface area contributed by atoms with E-state index in [0.717, 1.165) is 11.3 Å². The van der Waals surface area contributed by atoms with Crippen molar-refractivity contribution in [2.24, 2.45) is 0 Å². The number of fused-ring (bicyclic) bond motifs is 1. The van der Waals surface area contributed by atoms with E-state index in [1.54, 1.807) is 18.6 Å². The van der Waals surface area contributed by atoms with E-state index in [9.17, 15) is 8.78 Å². The van der Waals surface area contributed by atoms with Crippen molar-refractivity contribution in [3.63, 3.8) is 0 Å². The molecule has 0 aromatic carbocycles. The Morgan fingerprint density at radius 1 is 1.25 bits per heavy atom. The number of nitrogens with zero attached hydrogens (tertiary/aromatic N) is 4. The summed E-state index contributed by atoms with van der Waals surface area (Å²) in [6.07, 6.45) is 4.92. The van der Waals surface area contributed by atoms with Crippen molar-refractivity contribution in [1.29, 1.82) is 0 Å². The van der Waals surface area contributed by atoms with Gasteiger partial charge in [0.25, 0.3) is 6.43 Å². The first-order chi connectivity index (χ1) is 11.7. The number of rotatable bonds is 4. The number of imidazole rings is 1. The number of hydrogen-bond donors (Lipinski definition) is 2. The monoisotopic (exact) mass is 330 g/mol. The van der Waals surface area contributed by atoms with Gasteiger partial charge >= 0.3 is 0 Å². The van der Waals surface area contributed by atoms with E-state index in [1.165, 1.54) is 0 Å². The first kappa shape index (κ1) is 14.9. The highest BCUT2D eigenvalue weighted by molar-refractivity contribution is 5.60. The highest BCUT2D eigenvalue weighted by atomic mass is 19.3. The van der Waals surface area contributed by atoms with Gasteiger partial charge in [-0.2, -0.15) is 0 Å². The number of hydrogen-bond acceptors (Lipinski definition) is 5. The molecule has 2 unspecified atom stereocenters.